The maximum Gasteiger partial charge on any atom is 0.450 e. The topological polar surface area (TPSA) is 75.0 Å². The third-order valence-electron chi connectivity index (χ3n) is 5.05. The van der Waals surface area contributed by atoms with Crippen LogP contribution in [-0.2, 0) is 6.18 Å². The van der Waals surface area contributed by atoms with Gasteiger partial charge in [0.25, 0.3) is 0 Å². The van der Waals surface area contributed by atoms with E-state index in [2.05, 4.69) is 0 Å². The van der Waals surface area contributed by atoms with Crippen LogP contribution < -0.4 is 19.6 Å². The van der Waals surface area contributed by atoms with Crippen LogP contribution in [0, 0.1) is 0 Å². The van der Waals surface area contributed by atoms with Crippen LogP contribution in [-0.4, -0.2) is 20.2 Å². The highest BCUT2D eigenvalue weighted by Gasteiger charge is 2.39. The van der Waals surface area contributed by atoms with Crippen molar-refractivity contribution in [1.29, 1.82) is 0 Å². The molecular weight excluding hydrogens is 489 g/mol. The van der Waals surface area contributed by atoms with Gasteiger partial charge in [0.15, 0.2) is 0 Å². The number of benzene rings is 3. The van der Waals surface area contributed by atoms with Crippen LogP contribution in [0.1, 0.15) is 16.1 Å². The standard InChI is InChI=1S/C25H16ClF3O6/c1-32-17-9-14(10-18(11-17)33-2)24(31)34-16-7-8-19-20(12-16)35-23(25(27,28)29)21(22(19)30)13-3-5-15(26)6-4-13/h3-12H,1-2H3. The van der Waals surface area contributed by atoms with Gasteiger partial charge in [-0.05, 0) is 42.0 Å². The first-order valence-electron chi connectivity index (χ1n) is 10.00. The molecule has 1 aromatic heterocycles. The van der Waals surface area contributed by atoms with E-state index < -0.39 is 34.5 Å². The summed E-state index contributed by atoms with van der Waals surface area (Å²) in [7, 11) is 2.82. The van der Waals surface area contributed by atoms with Crippen molar-refractivity contribution in [3.8, 4) is 28.4 Å². The molecule has 180 valence electrons. The van der Waals surface area contributed by atoms with Gasteiger partial charge in [0.2, 0.25) is 11.2 Å². The minimum atomic E-state index is -4.97. The third kappa shape index (κ3) is 4.95. The monoisotopic (exact) mass is 504 g/mol. The van der Waals surface area contributed by atoms with Gasteiger partial charge in [-0.25, -0.2) is 4.79 Å². The molecule has 0 unspecified atom stereocenters. The second-order valence-electron chi connectivity index (χ2n) is 7.29. The van der Waals surface area contributed by atoms with Crippen molar-refractivity contribution < 1.29 is 36.6 Å². The zero-order valence-corrected chi connectivity index (χ0v) is 19.0. The third-order valence-corrected chi connectivity index (χ3v) is 5.30. The minimum Gasteiger partial charge on any atom is -0.497 e. The Morgan fingerprint density at radius 3 is 2.09 bits per heavy atom. The van der Waals surface area contributed by atoms with E-state index in [1.54, 1.807) is 6.07 Å². The molecule has 0 atom stereocenters. The highest BCUT2D eigenvalue weighted by atomic mass is 35.5. The largest absolute Gasteiger partial charge is 0.497 e. The van der Waals surface area contributed by atoms with E-state index in [4.69, 9.17) is 30.2 Å². The first-order valence-corrected chi connectivity index (χ1v) is 10.4. The number of carbonyl (C=O) groups excluding carboxylic acids is 1. The molecule has 0 aliphatic rings. The lowest BCUT2D eigenvalue weighted by Crippen LogP contribution is -2.16. The average Bonchev–Trinajstić information content (AvgIpc) is 2.83. The van der Waals surface area contributed by atoms with Gasteiger partial charge in [-0.2, -0.15) is 13.2 Å². The Labute approximate surface area is 201 Å². The first-order chi connectivity index (χ1) is 16.6. The molecule has 1 heterocycles. The number of rotatable bonds is 5. The second-order valence-corrected chi connectivity index (χ2v) is 7.73. The van der Waals surface area contributed by atoms with Crippen LogP contribution in [0.5, 0.6) is 17.2 Å². The van der Waals surface area contributed by atoms with Gasteiger partial charge in [0.05, 0.1) is 30.7 Å². The molecule has 0 aliphatic heterocycles. The molecule has 4 rings (SSSR count). The molecule has 0 N–H and O–H groups in total. The van der Waals surface area contributed by atoms with E-state index in [-0.39, 0.29) is 22.3 Å². The van der Waals surface area contributed by atoms with Crippen LogP contribution in [0.3, 0.4) is 0 Å². The molecular formula is C25H16ClF3O6. The lowest BCUT2D eigenvalue weighted by Gasteiger charge is -2.13. The van der Waals surface area contributed by atoms with Gasteiger partial charge < -0.3 is 18.6 Å². The molecule has 0 saturated carbocycles. The van der Waals surface area contributed by atoms with Gasteiger partial charge in [-0.15, -0.1) is 0 Å². The Bertz CT molecular complexity index is 1450. The molecule has 0 spiro atoms. The maximum atomic E-state index is 13.8. The Kier molecular flexibility index (Phi) is 6.45. The summed E-state index contributed by atoms with van der Waals surface area (Å²) in [5, 5.41) is 0.179. The van der Waals surface area contributed by atoms with Gasteiger partial charge in [0.1, 0.15) is 22.8 Å². The Balaban J connectivity index is 1.78. The quantitative estimate of drug-likeness (QED) is 0.232. The molecule has 0 fully saturated rings. The predicted octanol–water partition coefficient (Wildman–Crippen LogP) is 6.37. The number of fused-ring (bicyclic) bond motifs is 1. The minimum absolute atomic E-state index is 0.000138. The summed E-state index contributed by atoms with van der Waals surface area (Å²) in [4.78, 5) is 25.7. The summed E-state index contributed by atoms with van der Waals surface area (Å²) in [6.45, 7) is 0. The summed E-state index contributed by atoms with van der Waals surface area (Å²) >= 11 is 5.82. The normalized spacial score (nSPS) is 11.4. The first kappa shape index (κ1) is 24.2. The van der Waals surface area contributed by atoms with Crippen LogP contribution in [0.15, 0.2) is 69.9 Å². The number of methoxy groups -OCH3 is 2. The van der Waals surface area contributed by atoms with Crippen LogP contribution in [0.4, 0.5) is 13.2 Å². The Morgan fingerprint density at radius 1 is 0.886 bits per heavy atom. The summed E-state index contributed by atoms with van der Waals surface area (Å²) in [5.41, 5.74) is -1.85. The van der Waals surface area contributed by atoms with Crippen molar-refractivity contribution in [3.05, 3.63) is 87.2 Å². The smallest absolute Gasteiger partial charge is 0.450 e. The number of ether oxygens (including phenoxy) is 3. The maximum absolute atomic E-state index is 13.8. The van der Waals surface area contributed by atoms with Crippen LogP contribution in [0.25, 0.3) is 22.1 Å². The van der Waals surface area contributed by atoms with E-state index in [1.165, 1.54) is 62.8 Å². The average molecular weight is 505 g/mol. The molecule has 0 aliphatic carbocycles. The fraction of sp³-hybridized carbons (Fsp3) is 0.120. The molecule has 6 nitrogen and oxygen atoms in total. The van der Waals surface area contributed by atoms with Crippen molar-refractivity contribution >= 4 is 28.5 Å². The van der Waals surface area contributed by atoms with Gasteiger partial charge in [-0.1, -0.05) is 23.7 Å². The molecule has 35 heavy (non-hydrogen) atoms. The zero-order valence-electron chi connectivity index (χ0n) is 18.2. The number of carbonyl (C=O) groups is 1. The fourth-order valence-electron chi connectivity index (χ4n) is 3.41. The predicted molar refractivity (Wildman–Crippen MR) is 122 cm³/mol. The molecule has 0 radical (unpaired) electrons. The van der Waals surface area contributed by atoms with Crippen LogP contribution >= 0.6 is 11.6 Å². The number of esters is 1. The van der Waals surface area contributed by atoms with Crippen molar-refractivity contribution in [2.75, 3.05) is 14.2 Å². The van der Waals surface area contributed by atoms with Gasteiger partial charge in [0, 0.05) is 17.2 Å². The summed E-state index contributed by atoms with van der Waals surface area (Å²) in [5.74, 6) is -1.74. The SMILES string of the molecule is COc1cc(OC)cc(C(=O)Oc2ccc3c(=O)c(-c4ccc(Cl)cc4)c(C(F)(F)F)oc3c2)c1. The lowest BCUT2D eigenvalue weighted by molar-refractivity contribution is -0.152. The van der Waals surface area contributed by atoms with E-state index in [0.29, 0.717) is 16.5 Å². The van der Waals surface area contributed by atoms with Crippen molar-refractivity contribution in [1.82, 2.24) is 0 Å². The highest BCUT2D eigenvalue weighted by Crippen LogP contribution is 2.38. The zero-order chi connectivity index (χ0) is 25.3. The van der Waals surface area contributed by atoms with Crippen molar-refractivity contribution in [2.45, 2.75) is 6.18 Å². The summed E-state index contributed by atoms with van der Waals surface area (Å²) in [6.07, 6.45) is -4.97. The second kappa shape index (κ2) is 9.34. The Hall–Kier alpha value is -3.98. The molecule has 3 aromatic carbocycles. The Morgan fingerprint density at radius 2 is 1.51 bits per heavy atom. The van der Waals surface area contributed by atoms with Crippen molar-refractivity contribution in [2.24, 2.45) is 0 Å². The number of halogens is 4. The van der Waals surface area contributed by atoms with E-state index in [1.807, 2.05) is 0 Å². The number of hydrogen-bond acceptors (Lipinski definition) is 6. The number of alkyl halides is 3. The molecule has 10 heteroatoms. The van der Waals surface area contributed by atoms with E-state index in [9.17, 15) is 22.8 Å². The molecule has 0 bridgehead atoms. The fourth-order valence-corrected chi connectivity index (χ4v) is 3.53. The lowest BCUT2D eigenvalue weighted by atomic mass is 10.0. The number of hydrogen-bond donors (Lipinski definition) is 0. The molecule has 0 saturated heterocycles. The van der Waals surface area contributed by atoms with Crippen LogP contribution in [0.2, 0.25) is 5.02 Å². The summed E-state index contributed by atoms with van der Waals surface area (Å²) < 4.78 is 62.1. The summed E-state index contributed by atoms with van der Waals surface area (Å²) in [6, 6.07) is 13.3. The van der Waals surface area contributed by atoms with Gasteiger partial charge >= 0.3 is 12.1 Å². The van der Waals surface area contributed by atoms with Crippen molar-refractivity contribution in [3.63, 3.8) is 0 Å². The van der Waals surface area contributed by atoms with E-state index in [0.717, 1.165) is 6.07 Å². The molecule has 4 aromatic rings. The highest BCUT2D eigenvalue weighted by molar-refractivity contribution is 6.30. The van der Waals surface area contributed by atoms with Gasteiger partial charge in [-0.3, -0.25) is 4.79 Å². The molecule has 0 amide bonds. The van der Waals surface area contributed by atoms with E-state index >= 15 is 0 Å².